The molecule has 0 aliphatic heterocycles. The summed E-state index contributed by atoms with van der Waals surface area (Å²) in [5.41, 5.74) is 0.00236. The Kier molecular flexibility index (Phi) is 5.44. The van der Waals surface area contributed by atoms with E-state index in [-0.39, 0.29) is 11.5 Å². The fourth-order valence-corrected chi connectivity index (χ4v) is 2.48. The molecule has 0 radical (unpaired) electrons. The topological polar surface area (TPSA) is 62.7 Å². The summed E-state index contributed by atoms with van der Waals surface area (Å²) in [5, 5.41) is 9.78. The van der Waals surface area contributed by atoms with E-state index < -0.39 is 17.8 Å². The lowest BCUT2D eigenvalue weighted by molar-refractivity contribution is 0.0918. The van der Waals surface area contributed by atoms with E-state index in [4.69, 9.17) is 12.2 Å². The van der Waals surface area contributed by atoms with Gasteiger partial charge in [0.05, 0.1) is 11.6 Å². The number of rotatable bonds is 6. The SMILES string of the molecule is C=CCn1c(C(NC(=O)c2ccccc2F)C(C)C)n[nH]c1=S. The number of hydrogen-bond acceptors (Lipinski definition) is 3. The van der Waals surface area contributed by atoms with Crippen molar-refractivity contribution in [2.24, 2.45) is 5.92 Å². The van der Waals surface area contributed by atoms with Crippen LogP contribution in [-0.2, 0) is 6.54 Å². The molecule has 7 heteroatoms. The summed E-state index contributed by atoms with van der Waals surface area (Å²) in [4.78, 5) is 12.4. The average Bonchev–Trinajstić information content (AvgIpc) is 2.86. The molecule has 0 bridgehead atoms. The minimum atomic E-state index is -0.558. The molecular weight excluding hydrogens is 315 g/mol. The number of nitrogens with zero attached hydrogens (tertiary/aromatic N) is 2. The zero-order valence-corrected chi connectivity index (χ0v) is 13.9. The molecule has 0 aliphatic carbocycles. The number of allylic oxidation sites excluding steroid dienone is 1. The van der Waals surface area contributed by atoms with Crippen molar-refractivity contribution in [2.45, 2.75) is 26.4 Å². The smallest absolute Gasteiger partial charge is 0.254 e. The molecule has 0 saturated carbocycles. The van der Waals surface area contributed by atoms with Gasteiger partial charge in [0.25, 0.3) is 5.91 Å². The lowest BCUT2D eigenvalue weighted by Crippen LogP contribution is -2.34. The van der Waals surface area contributed by atoms with Crippen LogP contribution in [0.4, 0.5) is 4.39 Å². The third-order valence-electron chi connectivity index (χ3n) is 3.45. The van der Waals surface area contributed by atoms with Crippen LogP contribution in [-0.4, -0.2) is 20.7 Å². The Morgan fingerprint density at radius 1 is 1.52 bits per heavy atom. The molecule has 2 N–H and O–H groups in total. The van der Waals surface area contributed by atoms with Crippen molar-refractivity contribution in [2.75, 3.05) is 0 Å². The summed E-state index contributed by atoms with van der Waals surface area (Å²) in [5.74, 6) is -0.410. The second-order valence-electron chi connectivity index (χ2n) is 5.46. The number of halogens is 1. The molecule has 1 aromatic carbocycles. The Bertz CT molecular complexity index is 765. The van der Waals surface area contributed by atoms with E-state index in [9.17, 15) is 9.18 Å². The van der Waals surface area contributed by atoms with Crippen molar-refractivity contribution >= 4 is 18.1 Å². The quantitative estimate of drug-likeness (QED) is 0.629. The minimum absolute atomic E-state index is 0.00236. The van der Waals surface area contributed by atoms with Crippen LogP contribution < -0.4 is 5.32 Å². The summed E-state index contributed by atoms with van der Waals surface area (Å²) < 4.78 is 16.0. The van der Waals surface area contributed by atoms with Gasteiger partial charge in [0.2, 0.25) is 0 Å². The van der Waals surface area contributed by atoms with Crippen LogP contribution in [0.5, 0.6) is 0 Å². The van der Waals surface area contributed by atoms with E-state index in [1.54, 1.807) is 22.8 Å². The summed E-state index contributed by atoms with van der Waals surface area (Å²) in [6.07, 6.45) is 1.70. The highest BCUT2D eigenvalue weighted by Gasteiger charge is 2.25. The Balaban J connectivity index is 2.33. The minimum Gasteiger partial charge on any atom is -0.342 e. The Hall–Kier alpha value is -2.28. The molecule has 2 rings (SSSR count). The van der Waals surface area contributed by atoms with E-state index in [0.29, 0.717) is 17.1 Å². The highest BCUT2D eigenvalue weighted by Crippen LogP contribution is 2.21. The van der Waals surface area contributed by atoms with Crippen LogP contribution in [0.3, 0.4) is 0 Å². The number of amides is 1. The maximum Gasteiger partial charge on any atom is 0.254 e. The Morgan fingerprint density at radius 2 is 2.22 bits per heavy atom. The lowest BCUT2D eigenvalue weighted by Gasteiger charge is -2.22. The molecule has 0 saturated heterocycles. The highest BCUT2D eigenvalue weighted by atomic mass is 32.1. The molecule has 1 atom stereocenters. The van der Waals surface area contributed by atoms with Gasteiger partial charge >= 0.3 is 0 Å². The zero-order chi connectivity index (χ0) is 17.0. The predicted molar refractivity (Wildman–Crippen MR) is 89.1 cm³/mol. The molecule has 1 unspecified atom stereocenters. The van der Waals surface area contributed by atoms with Crippen LogP contribution in [0.2, 0.25) is 0 Å². The second kappa shape index (κ2) is 7.32. The van der Waals surface area contributed by atoms with Crippen LogP contribution in [0.25, 0.3) is 0 Å². The number of aromatic amines is 1. The average molecular weight is 334 g/mol. The van der Waals surface area contributed by atoms with Gasteiger partial charge in [0.15, 0.2) is 10.6 Å². The standard InChI is InChI=1S/C16H19FN4OS/c1-4-9-21-14(19-20-16(21)23)13(10(2)3)18-15(22)11-7-5-6-8-12(11)17/h4-8,10,13H,1,9H2,2-3H3,(H,18,22)(H,20,23). The fourth-order valence-electron chi connectivity index (χ4n) is 2.27. The van der Waals surface area contributed by atoms with Crippen LogP contribution in [0.1, 0.15) is 36.1 Å². The van der Waals surface area contributed by atoms with E-state index in [0.717, 1.165) is 0 Å². The molecule has 0 spiro atoms. The van der Waals surface area contributed by atoms with Gasteiger partial charge in [-0.2, -0.15) is 5.10 Å². The first-order valence-corrected chi connectivity index (χ1v) is 7.68. The van der Waals surface area contributed by atoms with Crippen LogP contribution >= 0.6 is 12.2 Å². The number of aromatic nitrogens is 3. The molecule has 1 aromatic heterocycles. The number of H-pyrrole nitrogens is 1. The van der Waals surface area contributed by atoms with Crippen molar-refractivity contribution < 1.29 is 9.18 Å². The van der Waals surface area contributed by atoms with E-state index in [1.807, 2.05) is 13.8 Å². The first-order valence-electron chi connectivity index (χ1n) is 7.27. The number of carbonyl (C=O) groups is 1. The van der Waals surface area contributed by atoms with Gasteiger partial charge in [-0.25, -0.2) is 4.39 Å². The summed E-state index contributed by atoms with van der Waals surface area (Å²) in [7, 11) is 0. The monoisotopic (exact) mass is 334 g/mol. The molecule has 5 nitrogen and oxygen atoms in total. The molecular formula is C16H19FN4OS. The Labute approximate surface area is 139 Å². The first-order chi connectivity index (χ1) is 11.0. The third kappa shape index (κ3) is 3.73. The molecule has 23 heavy (non-hydrogen) atoms. The Morgan fingerprint density at radius 3 is 2.83 bits per heavy atom. The lowest BCUT2D eigenvalue weighted by atomic mass is 10.0. The number of benzene rings is 1. The van der Waals surface area contributed by atoms with E-state index in [1.165, 1.54) is 12.1 Å². The zero-order valence-electron chi connectivity index (χ0n) is 13.0. The molecule has 2 aromatic rings. The number of hydrogen-bond donors (Lipinski definition) is 2. The molecule has 0 fully saturated rings. The number of nitrogens with one attached hydrogen (secondary N) is 2. The fraction of sp³-hybridized carbons (Fsp3) is 0.312. The third-order valence-corrected chi connectivity index (χ3v) is 3.76. The van der Waals surface area contributed by atoms with Crippen molar-refractivity contribution in [1.29, 1.82) is 0 Å². The highest BCUT2D eigenvalue weighted by molar-refractivity contribution is 7.71. The summed E-state index contributed by atoms with van der Waals surface area (Å²) in [6.45, 7) is 8.07. The van der Waals surface area contributed by atoms with E-state index >= 15 is 0 Å². The van der Waals surface area contributed by atoms with Gasteiger partial charge < -0.3 is 5.32 Å². The molecule has 0 aliphatic rings. The van der Waals surface area contributed by atoms with Crippen molar-refractivity contribution in [3.05, 3.63) is 58.9 Å². The maximum absolute atomic E-state index is 13.8. The van der Waals surface area contributed by atoms with Gasteiger partial charge in [-0.3, -0.25) is 14.5 Å². The van der Waals surface area contributed by atoms with Crippen LogP contribution in [0, 0.1) is 16.5 Å². The summed E-state index contributed by atoms with van der Waals surface area (Å²) in [6, 6.07) is 5.46. The molecule has 1 heterocycles. The second-order valence-corrected chi connectivity index (χ2v) is 5.85. The van der Waals surface area contributed by atoms with E-state index in [2.05, 4.69) is 22.1 Å². The number of carbonyl (C=O) groups excluding carboxylic acids is 1. The van der Waals surface area contributed by atoms with Crippen molar-refractivity contribution in [3.63, 3.8) is 0 Å². The van der Waals surface area contributed by atoms with Crippen LogP contribution in [0.15, 0.2) is 36.9 Å². The van der Waals surface area contributed by atoms with Gasteiger partial charge in [-0.15, -0.1) is 6.58 Å². The maximum atomic E-state index is 13.8. The molecule has 122 valence electrons. The van der Waals surface area contributed by atoms with Crippen molar-refractivity contribution in [1.82, 2.24) is 20.1 Å². The van der Waals surface area contributed by atoms with Gasteiger partial charge in [0, 0.05) is 6.54 Å². The van der Waals surface area contributed by atoms with Crippen molar-refractivity contribution in [3.8, 4) is 0 Å². The molecule has 1 amide bonds. The normalized spacial score (nSPS) is 12.2. The largest absolute Gasteiger partial charge is 0.342 e. The van der Waals surface area contributed by atoms with Gasteiger partial charge in [-0.1, -0.05) is 32.1 Å². The predicted octanol–water partition coefficient (Wildman–Crippen LogP) is 3.39. The first kappa shape index (κ1) is 17.1. The summed E-state index contributed by atoms with van der Waals surface area (Å²) >= 11 is 5.20. The van der Waals surface area contributed by atoms with Gasteiger partial charge in [-0.05, 0) is 30.3 Å². The van der Waals surface area contributed by atoms with Gasteiger partial charge in [0.1, 0.15) is 5.82 Å².